The lowest BCUT2D eigenvalue weighted by Gasteiger charge is -2.23. The normalized spacial score (nSPS) is 21.5. The van der Waals surface area contributed by atoms with Crippen molar-refractivity contribution in [2.75, 3.05) is 31.1 Å². The van der Waals surface area contributed by atoms with Gasteiger partial charge < -0.3 is 15.5 Å². The van der Waals surface area contributed by atoms with E-state index in [4.69, 9.17) is 17.3 Å². The first-order valence-corrected chi connectivity index (χ1v) is 10.4. The zero-order valence-electron chi connectivity index (χ0n) is 14.9. The largest absolute Gasteiger partial charge is 0.371 e. The molecule has 27 heavy (non-hydrogen) atoms. The monoisotopic (exact) mass is 403 g/mol. The number of nitrogens with two attached hydrogens (primary N) is 1. The Kier molecular flexibility index (Phi) is 5.10. The highest BCUT2D eigenvalue weighted by Crippen LogP contribution is 2.36. The number of nitrogens with zero attached hydrogens (tertiary/aromatic N) is 2. The van der Waals surface area contributed by atoms with E-state index in [1.807, 2.05) is 22.4 Å². The smallest absolute Gasteiger partial charge is 0.265 e. The summed E-state index contributed by atoms with van der Waals surface area (Å²) in [6.45, 7) is 3.48. The first-order chi connectivity index (χ1) is 13.0. The number of hydrogen-bond donors (Lipinski definition) is 1. The summed E-state index contributed by atoms with van der Waals surface area (Å²) >= 11 is 7.53. The fraction of sp³-hybridized carbons (Fsp3) is 0.400. The van der Waals surface area contributed by atoms with Gasteiger partial charge in [-0.05, 0) is 35.6 Å². The van der Waals surface area contributed by atoms with Crippen molar-refractivity contribution in [1.82, 2.24) is 4.90 Å². The van der Waals surface area contributed by atoms with Crippen molar-refractivity contribution in [2.45, 2.75) is 12.8 Å². The number of carbonyl (C=O) groups is 2. The Morgan fingerprint density at radius 1 is 1.15 bits per heavy atom. The van der Waals surface area contributed by atoms with E-state index in [1.165, 1.54) is 17.0 Å². The number of halogens is 1. The van der Waals surface area contributed by atoms with Crippen molar-refractivity contribution in [1.29, 1.82) is 0 Å². The molecule has 1 aromatic carbocycles. The maximum atomic E-state index is 12.7. The zero-order valence-corrected chi connectivity index (χ0v) is 16.5. The summed E-state index contributed by atoms with van der Waals surface area (Å²) in [5.41, 5.74) is 7.57. The fourth-order valence-electron chi connectivity index (χ4n) is 4.14. The summed E-state index contributed by atoms with van der Waals surface area (Å²) in [4.78, 5) is 28.7. The van der Waals surface area contributed by atoms with Crippen LogP contribution in [0.15, 0.2) is 35.7 Å². The fourth-order valence-corrected chi connectivity index (χ4v) is 5.24. The van der Waals surface area contributed by atoms with Crippen LogP contribution in [0.4, 0.5) is 5.69 Å². The van der Waals surface area contributed by atoms with Crippen molar-refractivity contribution >= 4 is 40.4 Å². The predicted molar refractivity (Wildman–Crippen MR) is 108 cm³/mol. The Hall–Kier alpha value is -2.05. The number of rotatable bonds is 5. The molecular weight excluding hydrogens is 382 g/mol. The molecular formula is C20H22ClN3O2S. The first kappa shape index (κ1) is 18.3. The number of likely N-dealkylation sites (tertiary alicyclic amines) is 1. The van der Waals surface area contributed by atoms with Crippen LogP contribution in [0.25, 0.3) is 0 Å². The number of hydrogen-bond acceptors (Lipinski definition) is 4. The standard InChI is InChI=1S/C20H22ClN3O2S/c21-17-6-7-27-19(17)20(26)24-11-14-9-23(10-15(14)12-24)16-3-1-2-13(8-16)4-5-18(22)25/h1-3,6-8,14-15H,4-5,9-12H2,(H2,22,25). The van der Waals surface area contributed by atoms with Gasteiger partial charge in [-0.15, -0.1) is 11.3 Å². The second-order valence-electron chi connectivity index (χ2n) is 7.37. The second-order valence-corrected chi connectivity index (χ2v) is 8.69. The Labute approximate surface area is 167 Å². The van der Waals surface area contributed by atoms with Crippen LogP contribution in [-0.2, 0) is 11.2 Å². The summed E-state index contributed by atoms with van der Waals surface area (Å²) in [5, 5.41) is 2.41. The lowest BCUT2D eigenvalue weighted by molar-refractivity contribution is -0.117. The molecule has 142 valence electrons. The highest BCUT2D eigenvalue weighted by molar-refractivity contribution is 7.12. The number of thiophene rings is 1. The minimum atomic E-state index is -0.272. The van der Waals surface area contributed by atoms with Crippen LogP contribution in [0.3, 0.4) is 0 Å². The molecule has 3 heterocycles. The van der Waals surface area contributed by atoms with Crippen molar-refractivity contribution in [3.05, 3.63) is 51.2 Å². The van der Waals surface area contributed by atoms with Gasteiger partial charge in [-0.2, -0.15) is 0 Å². The van der Waals surface area contributed by atoms with E-state index in [0.29, 0.717) is 34.6 Å². The second kappa shape index (κ2) is 7.52. The number of primary amides is 1. The SMILES string of the molecule is NC(=O)CCc1cccc(N2CC3CN(C(=O)c4sccc4Cl)CC3C2)c1. The Balaban J connectivity index is 1.39. The number of aryl methyl sites for hydroxylation is 1. The third-order valence-corrected chi connectivity index (χ3v) is 6.85. The van der Waals surface area contributed by atoms with Gasteiger partial charge >= 0.3 is 0 Å². The van der Waals surface area contributed by atoms with Gasteiger partial charge in [0, 0.05) is 50.1 Å². The minimum Gasteiger partial charge on any atom is -0.371 e. The van der Waals surface area contributed by atoms with Crippen LogP contribution in [-0.4, -0.2) is 42.9 Å². The molecule has 7 heteroatoms. The van der Waals surface area contributed by atoms with Crippen molar-refractivity contribution in [3.8, 4) is 0 Å². The number of anilines is 1. The van der Waals surface area contributed by atoms with Gasteiger partial charge in [0.2, 0.25) is 5.91 Å². The van der Waals surface area contributed by atoms with E-state index in [2.05, 4.69) is 17.0 Å². The maximum absolute atomic E-state index is 12.7. The summed E-state index contributed by atoms with van der Waals surface area (Å²) in [5.74, 6) is 0.764. The minimum absolute atomic E-state index is 0.0596. The average Bonchev–Trinajstić information content (AvgIpc) is 3.34. The molecule has 2 N–H and O–H groups in total. The molecule has 0 saturated carbocycles. The Morgan fingerprint density at radius 2 is 1.89 bits per heavy atom. The molecule has 2 unspecified atom stereocenters. The van der Waals surface area contributed by atoms with Gasteiger partial charge in [-0.3, -0.25) is 9.59 Å². The molecule has 5 nitrogen and oxygen atoms in total. The van der Waals surface area contributed by atoms with Gasteiger partial charge in [-0.25, -0.2) is 0 Å². The van der Waals surface area contributed by atoms with Crippen LogP contribution in [0.5, 0.6) is 0 Å². The van der Waals surface area contributed by atoms with Crippen molar-refractivity contribution in [2.24, 2.45) is 17.6 Å². The maximum Gasteiger partial charge on any atom is 0.265 e. The van der Waals surface area contributed by atoms with E-state index >= 15 is 0 Å². The van der Waals surface area contributed by atoms with E-state index in [-0.39, 0.29) is 11.8 Å². The van der Waals surface area contributed by atoms with Gasteiger partial charge in [-0.1, -0.05) is 23.7 Å². The van der Waals surface area contributed by atoms with Crippen LogP contribution >= 0.6 is 22.9 Å². The summed E-state index contributed by atoms with van der Waals surface area (Å²) < 4.78 is 0. The van der Waals surface area contributed by atoms with E-state index in [1.54, 1.807) is 6.07 Å². The zero-order chi connectivity index (χ0) is 19.0. The lowest BCUT2D eigenvalue weighted by Crippen LogP contribution is -2.33. The summed E-state index contributed by atoms with van der Waals surface area (Å²) in [7, 11) is 0. The number of amides is 2. The predicted octanol–water partition coefficient (Wildman–Crippen LogP) is 3.03. The molecule has 2 saturated heterocycles. The van der Waals surface area contributed by atoms with Crippen LogP contribution in [0, 0.1) is 11.8 Å². The average molecular weight is 404 g/mol. The van der Waals surface area contributed by atoms with E-state index < -0.39 is 0 Å². The first-order valence-electron chi connectivity index (χ1n) is 9.15. The van der Waals surface area contributed by atoms with Gasteiger partial charge in [0.1, 0.15) is 4.88 Å². The van der Waals surface area contributed by atoms with Crippen LogP contribution < -0.4 is 10.6 Å². The number of benzene rings is 1. The summed E-state index contributed by atoms with van der Waals surface area (Å²) in [6.07, 6.45) is 1.05. The van der Waals surface area contributed by atoms with Crippen LogP contribution in [0.1, 0.15) is 21.7 Å². The molecule has 4 rings (SSSR count). The highest BCUT2D eigenvalue weighted by atomic mass is 35.5. The molecule has 2 fully saturated rings. The van der Waals surface area contributed by atoms with Gasteiger partial charge in [0.15, 0.2) is 0 Å². The van der Waals surface area contributed by atoms with Crippen molar-refractivity contribution in [3.63, 3.8) is 0 Å². The highest BCUT2D eigenvalue weighted by Gasteiger charge is 2.42. The molecule has 2 atom stereocenters. The topological polar surface area (TPSA) is 66.6 Å². The van der Waals surface area contributed by atoms with Crippen LogP contribution in [0.2, 0.25) is 5.02 Å². The Morgan fingerprint density at radius 3 is 2.52 bits per heavy atom. The molecule has 2 aliphatic heterocycles. The molecule has 1 aromatic heterocycles. The number of carbonyl (C=O) groups excluding carboxylic acids is 2. The third kappa shape index (κ3) is 3.82. The van der Waals surface area contributed by atoms with Crippen molar-refractivity contribution < 1.29 is 9.59 Å². The molecule has 2 amide bonds. The van der Waals surface area contributed by atoms with E-state index in [9.17, 15) is 9.59 Å². The Bertz CT molecular complexity index is 854. The molecule has 0 spiro atoms. The third-order valence-electron chi connectivity index (χ3n) is 5.52. The quantitative estimate of drug-likeness (QED) is 0.834. The molecule has 0 bridgehead atoms. The summed E-state index contributed by atoms with van der Waals surface area (Å²) in [6, 6.07) is 10.1. The lowest BCUT2D eigenvalue weighted by atomic mass is 10.0. The van der Waals surface area contributed by atoms with Gasteiger partial charge in [0.25, 0.3) is 5.91 Å². The van der Waals surface area contributed by atoms with Gasteiger partial charge in [0.05, 0.1) is 5.02 Å². The van der Waals surface area contributed by atoms with E-state index in [0.717, 1.165) is 31.7 Å². The molecule has 2 aromatic rings. The molecule has 0 radical (unpaired) electrons. The molecule has 2 aliphatic rings. The number of fused-ring (bicyclic) bond motifs is 1. The molecule has 0 aliphatic carbocycles.